The molecule has 0 unspecified atom stereocenters. The Bertz CT molecular complexity index is 1070. The first-order valence-corrected chi connectivity index (χ1v) is 12.1. The molecule has 1 heterocycles. The molecular formula is C25H37N7O3. The quantitative estimate of drug-likeness (QED) is 0.324. The number of nitrogens with one attached hydrogen (secondary N) is 2. The van der Waals surface area contributed by atoms with Gasteiger partial charge in [0, 0.05) is 37.9 Å². The molecule has 35 heavy (non-hydrogen) atoms. The van der Waals surface area contributed by atoms with Crippen LogP contribution in [0, 0.1) is 5.92 Å². The van der Waals surface area contributed by atoms with Crippen molar-refractivity contribution >= 4 is 34.8 Å². The van der Waals surface area contributed by atoms with Gasteiger partial charge in [-0.1, -0.05) is 0 Å². The molecule has 5 rings (SSSR count). The second kappa shape index (κ2) is 9.77. The Hall–Kier alpha value is -3.27. The number of likely N-dealkylation sites (N-methyl/N-ethyl adjacent to an activating group) is 2. The van der Waals surface area contributed by atoms with Gasteiger partial charge in [0.2, 0.25) is 5.95 Å². The SMILES string of the molecule is COc1cc(N(C)CCN(C)C)c(N)cc1Nc1ncc(C(=O)OC(C)C)c(NC23CC(C2)C3)n1. The first-order valence-electron chi connectivity index (χ1n) is 12.1. The molecule has 3 fully saturated rings. The Morgan fingerprint density at radius 3 is 2.51 bits per heavy atom. The van der Waals surface area contributed by atoms with Crippen LogP contribution in [0.3, 0.4) is 0 Å². The maximum atomic E-state index is 12.7. The number of hydrogen-bond donors (Lipinski definition) is 3. The molecule has 0 atom stereocenters. The van der Waals surface area contributed by atoms with Crippen LogP contribution < -0.4 is 26.0 Å². The van der Waals surface area contributed by atoms with Gasteiger partial charge in [-0.15, -0.1) is 0 Å². The van der Waals surface area contributed by atoms with Gasteiger partial charge in [-0.2, -0.15) is 4.98 Å². The molecule has 2 aromatic rings. The smallest absolute Gasteiger partial charge is 0.343 e. The first-order chi connectivity index (χ1) is 16.6. The minimum absolute atomic E-state index is 0.0318. The Morgan fingerprint density at radius 2 is 1.94 bits per heavy atom. The minimum Gasteiger partial charge on any atom is -0.494 e. The highest BCUT2D eigenvalue weighted by molar-refractivity contribution is 5.95. The lowest BCUT2D eigenvalue weighted by atomic mass is 9.50. The van der Waals surface area contributed by atoms with Gasteiger partial charge in [-0.3, -0.25) is 0 Å². The molecule has 10 nitrogen and oxygen atoms in total. The average molecular weight is 484 g/mol. The van der Waals surface area contributed by atoms with E-state index in [0.717, 1.165) is 44.0 Å². The van der Waals surface area contributed by atoms with E-state index in [9.17, 15) is 4.79 Å². The Labute approximate surface area is 207 Å². The highest BCUT2D eigenvalue weighted by Gasteiger charge is 2.57. The minimum atomic E-state index is -0.437. The van der Waals surface area contributed by atoms with Gasteiger partial charge in [0.25, 0.3) is 0 Å². The molecular weight excluding hydrogens is 446 g/mol. The van der Waals surface area contributed by atoms with Crippen molar-refractivity contribution < 1.29 is 14.3 Å². The summed E-state index contributed by atoms with van der Waals surface area (Å²) in [4.78, 5) is 25.9. The second-order valence-electron chi connectivity index (χ2n) is 10.3. The molecule has 1 aromatic heterocycles. The Morgan fingerprint density at radius 1 is 1.23 bits per heavy atom. The number of rotatable bonds is 11. The second-order valence-corrected chi connectivity index (χ2v) is 10.3. The van der Waals surface area contributed by atoms with Crippen LogP contribution in [0.4, 0.5) is 28.8 Å². The number of nitrogens with zero attached hydrogens (tertiary/aromatic N) is 4. The largest absolute Gasteiger partial charge is 0.494 e. The van der Waals surface area contributed by atoms with Crippen molar-refractivity contribution in [3.63, 3.8) is 0 Å². The molecule has 2 bridgehead atoms. The third kappa shape index (κ3) is 5.37. The molecule has 1 aromatic carbocycles. The van der Waals surface area contributed by atoms with Gasteiger partial charge in [0.15, 0.2) is 0 Å². The lowest BCUT2D eigenvalue weighted by Crippen LogP contribution is -2.63. The van der Waals surface area contributed by atoms with Gasteiger partial charge in [-0.05, 0) is 59.2 Å². The van der Waals surface area contributed by atoms with Crippen LogP contribution in [-0.4, -0.2) is 73.8 Å². The lowest BCUT2D eigenvalue weighted by molar-refractivity contribution is 0.00163. The molecule has 10 heteroatoms. The topological polar surface area (TPSA) is 118 Å². The normalized spacial score (nSPS) is 20.2. The van der Waals surface area contributed by atoms with Gasteiger partial charge in [-0.25, -0.2) is 9.78 Å². The van der Waals surface area contributed by atoms with E-state index in [-0.39, 0.29) is 11.6 Å². The molecule has 4 N–H and O–H groups in total. The van der Waals surface area contributed by atoms with Crippen molar-refractivity contribution in [2.24, 2.45) is 5.92 Å². The zero-order valence-corrected chi connectivity index (χ0v) is 21.5. The van der Waals surface area contributed by atoms with E-state index in [1.807, 2.05) is 47.1 Å². The van der Waals surface area contributed by atoms with E-state index >= 15 is 0 Å². The number of carbonyl (C=O) groups is 1. The zero-order valence-electron chi connectivity index (χ0n) is 21.5. The fourth-order valence-corrected chi connectivity index (χ4v) is 4.62. The van der Waals surface area contributed by atoms with E-state index < -0.39 is 5.97 Å². The summed E-state index contributed by atoms with van der Waals surface area (Å²) in [5.41, 5.74) is 8.89. The Kier molecular flexibility index (Phi) is 6.93. The predicted octanol–water partition coefficient (Wildman–Crippen LogP) is 3.34. The number of methoxy groups -OCH3 is 1. The molecule has 190 valence electrons. The van der Waals surface area contributed by atoms with Gasteiger partial charge < -0.3 is 35.6 Å². The van der Waals surface area contributed by atoms with Crippen molar-refractivity contribution in [3.8, 4) is 5.75 Å². The number of hydrogen-bond acceptors (Lipinski definition) is 10. The monoisotopic (exact) mass is 483 g/mol. The van der Waals surface area contributed by atoms with Crippen molar-refractivity contribution in [2.75, 3.05) is 62.6 Å². The van der Waals surface area contributed by atoms with Crippen LogP contribution in [0.25, 0.3) is 0 Å². The third-order valence-corrected chi connectivity index (χ3v) is 6.66. The van der Waals surface area contributed by atoms with Crippen LogP contribution in [0.1, 0.15) is 43.5 Å². The van der Waals surface area contributed by atoms with E-state index in [0.29, 0.717) is 34.5 Å². The molecule has 3 aliphatic carbocycles. The van der Waals surface area contributed by atoms with Crippen LogP contribution in [0.5, 0.6) is 5.75 Å². The standard InChI is InChI=1S/C25H37N7O3/c1-15(2)35-23(33)17-14-27-24(29-22(17)30-25-11-16(12-25)13-25)28-19-9-18(26)20(10-21(19)34-6)32(5)8-7-31(3)4/h9-10,14-16H,7-8,11-13,26H2,1-6H3,(H2,27,28,29,30). The number of nitrogen functional groups attached to an aromatic ring is 1. The van der Waals surface area contributed by atoms with Gasteiger partial charge >= 0.3 is 5.97 Å². The molecule has 3 aliphatic rings. The molecule has 0 radical (unpaired) electrons. The van der Waals surface area contributed by atoms with Crippen LogP contribution in [-0.2, 0) is 4.74 Å². The van der Waals surface area contributed by atoms with Gasteiger partial charge in [0.1, 0.15) is 17.1 Å². The fourth-order valence-electron chi connectivity index (χ4n) is 4.62. The molecule has 0 aliphatic heterocycles. The summed E-state index contributed by atoms with van der Waals surface area (Å²) in [6.07, 6.45) is 4.58. The van der Waals surface area contributed by atoms with Crippen molar-refractivity contribution in [2.45, 2.75) is 44.8 Å². The zero-order chi connectivity index (χ0) is 25.3. The summed E-state index contributed by atoms with van der Waals surface area (Å²) in [7, 11) is 7.69. The Balaban J connectivity index is 1.59. The van der Waals surface area contributed by atoms with Crippen LogP contribution in [0.2, 0.25) is 0 Å². The van der Waals surface area contributed by atoms with Gasteiger partial charge in [0.05, 0.1) is 30.3 Å². The predicted molar refractivity (Wildman–Crippen MR) is 139 cm³/mol. The highest BCUT2D eigenvalue weighted by atomic mass is 16.5. The first kappa shape index (κ1) is 24.8. The summed E-state index contributed by atoms with van der Waals surface area (Å²) < 4.78 is 11.1. The third-order valence-electron chi connectivity index (χ3n) is 6.66. The number of esters is 1. The maximum absolute atomic E-state index is 12.7. The maximum Gasteiger partial charge on any atom is 0.343 e. The summed E-state index contributed by atoms with van der Waals surface area (Å²) in [6, 6.07) is 3.72. The number of carbonyl (C=O) groups excluding carboxylic acids is 1. The number of nitrogens with two attached hydrogens (primary N) is 1. The van der Waals surface area contributed by atoms with Crippen molar-refractivity contribution in [3.05, 3.63) is 23.9 Å². The lowest BCUT2D eigenvalue weighted by Gasteiger charge is -2.62. The van der Waals surface area contributed by atoms with Crippen LogP contribution >= 0.6 is 0 Å². The highest BCUT2D eigenvalue weighted by Crippen LogP contribution is 2.58. The van der Waals surface area contributed by atoms with Crippen molar-refractivity contribution in [1.29, 1.82) is 0 Å². The molecule has 0 amide bonds. The van der Waals surface area contributed by atoms with E-state index in [2.05, 4.69) is 30.4 Å². The van der Waals surface area contributed by atoms with E-state index in [1.165, 1.54) is 6.20 Å². The number of ether oxygens (including phenoxy) is 2. The summed E-state index contributed by atoms with van der Waals surface area (Å²) in [5, 5.41) is 6.71. The molecule has 0 spiro atoms. The summed E-state index contributed by atoms with van der Waals surface area (Å²) in [6.45, 7) is 5.36. The van der Waals surface area contributed by atoms with E-state index in [1.54, 1.807) is 7.11 Å². The number of anilines is 5. The molecule has 0 saturated heterocycles. The summed E-state index contributed by atoms with van der Waals surface area (Å²) in [5.74, 6) is 1.79. The fraction of sp³-hybridized carbons (Fsp3) is 0.560. The van der Waals surface area contributed by atoms with E-state index in [4.69, 9.17) is 15.2 Å². The molecule has 3 saturated carbocycles. The van der Waals surface area contributed by atoms with Crippen LogP contribution in [0.15, 0.2) is 18.3 Å². The van der Waals surface area contributed by atoms with Crippen molar-refractivity contribution in [1.82, 2.24) is 14.9 Å². The average Bonchev–Trinajstić information content (AvgIpc) is 2.73. The number of benzene rings is 1. The summed E-state index contributed by atoms with van der Waals surface area (Å²) >= 11 is 0. The number of aromatic nitrogens is 2.